The van der Waals surface area contributed by atoms with Crippen molar-refractivity contribution < 1.29 is 9.59 Å². The van der Waals surface area contributed by atoms with Crippen LogP contribution in [0.15, 0.2) is 66.7 Å². The number of hydrogen-bond acceptors (Lipinski definition) is 3. The van der Waals surface area contributed by atoms with Crippen LogP contribution in [0.4, 0.5) is 0 Å². The molecular formula is C25H30N4O2. The lowest BCUT2D eigenvalue weighted by atomic mass is 10.1. The molecule has 0 aliphatic heterocycles. The second kappa shape index (κ2) is 11.1. The summed E-state index contributed by atoms with van der Waals surface area (Å²) in [5.74, 6) is -0.00778. The summed E-state index contributed by atoms with van der Waals surface area (Å²) in [5, 5.41) is 7.46. The molecule has 162 valence electrons. The van der Waals surface area contributed by atoms with E-state index in [1.807, 2.05) is 55.2 Å². The Morgan fingerprint density at radius 1 is 1.00 bits per heavy atom. The molecule has 31 heavy (non-hydrogen) atoms. The molecule has 1 N–H and O–H groups in total. The minimum atomic E-state index is -0.105. The Bertz CT molecular complexity index is 983. The van der Waals surface area contributed by atoms with Gasteiger partial charge in [-0.3, -0.25) is 14.3 Å². The van der Waals surface area contributed by atoms with Gasteiger partial charge in [0.15, 0.2) is 0 Å². The Kier molecular flexibility index (Phi) is 7.98. The highest BCUT2D eigenvalue weighted by Crippen LogP contribution is 2.20. The Balaban J connectivity index is 1.35. The zero-order chi connectivity index (χ0) is 22.1. The summed E-state index contributed by atoms with van der Waals surface area (Å²) in [7, 11) is 3.79. The lowest BCUT2D eigenvalue weighted by Gasteiger charge is -2.16. The van der Waals surface area contributed by atoms with E-state index in [0.29, 0.717) is 31.5 Å². The van der Waals surface area contributed by atoms with E-state index in [2.05, 4.69) is 28.6 Å². The van der Waals surface area contributed by atoms with Crippen molar-refractivity contribution in [2.45, 2.75) is 25.7 Å². The van der Waals surface area contributed by atoms with Gasteiger partial charge in [-0.2, -0.15) is 5.10 Å². The quantitative estimate of drug-likeness (QED) is 0.511. The molecule has 0 saturated heterocycles. The van der Waals surface area contributed by atoms with E-state index in [1.54, 1.807) is 17.0 Å². The van der Waals surface area contributed by atoms with Gasteiger partial charge in [-0.15, -0.1) is 0 Å². The van der Waals surface area contributed by atoms with Crippen molar-refractivity contribution in [2.24, 2.45) is 7.05 Å². The number of aromatic nitrogens is 2. The van der Waals surface area contributed by atoms with E-state index in [0.717, 1.165) is 29.8 Å². The molecular weight excluding hydrogens is 388 g/mol. The molecule has 3 rings (SSSR count). The molecule has 2 amide bonds. The van der Waals surface area contributed by atoms with E-state index in [-0.39, 0.29) is 11.8 Å². The summed E-state index contributed by atoms with van der Waals surface area (Å²) < 4.78 is 1.91. The largest absolute Gasteiger partial charge is 0.352 e. The summed E-state index contributed by atoms with van der Waals surface area (Å²) >= 11 is 0. The van der Waals surface area contributed by atoms with Gasteiger partial charge in [0.1, 0.15) is 0 Å². The van der Waals surface area contributed by atoms with Crippen molar-refractivity contribution in [3.8, 4) is 11.3 Å². The van der Waals surface area contributed by atoms with Crippen molar-refractivity contribution in [3.05, 3.63) is 78.0 Å². The molecule has 0 radical (unpaired) electrons. The molecule has 2 aromatic carbocycles. The molecule has 1 aromatic heterocycles. The van der Waals surface area contributed by atoms with E-state index in [1.165, 1.54) is 0 Å². The van der Waals surface area contributed by atoms with Crippen LogP contribution in [-0.2, 0) is 18.3 Å². The Morgan fingerprint density at radius 3 is 2.39 bits per heavy atom. The molecule has 0 aliphatic rings. The standard InChI is InChI=1S/C25H30N4O2/c1-28(24(30)16-9-17-26-25(31)21-13-7-4-8-14-21)18-10-15-22-19-23(29(2)27-22)20-11-5-3-6-12-20/h3-8,11-14,19H,9-10,15-18H2,1-2H3,(H,26,31). The predicted molar refractivity (Wildman–Crippen MR) is 123 cm³/mol. The Labute approximate surface area is 183 Å². The molecule has 3 aromatic rings. The summed E-state index contributed by atoms with van der Waals surface area (Å²) in [6, 6.07) is 21.4. The molecule has 1 heterocycles. The van der Waals surface area contributed by atoms with Crippen molar-refractivity contribution >= 4 is 11.8 Å². The first-order valence-corrected chi connectivity index (χ1v) is 10.7. The van der Waals surface area contributed by atoms with Crippen molar-refractivity contribution in [3.63, 3.8) is 0 Å². The van der Waals surface area contributed by atoms with Gasteiger partial charge >= 0.3 is 0 Å². The maximum absolute atomic E-state index is 12.3. The topological polar surface area (TPSA) is 67.2 Å². The molecule has 6 heteroatoms. The lowest BCUT2D eigenvalue weighted by Crippen LogP contribution is -2.30. The summed E-state index contributed by atoms with van der Waals surface area (Å²) in [4.78, 5) is 26.1. The van der Waals surface area contributed by atoms with Gasteiger partial charge in [-0.05, 0) is 43.0 Å². The van der Waals surface area contributed by atoms with Crippen LogP contribution in [0.25, 0.3) is 11.3 Å². The first kappa shape index (κ1) is 22.3. The number of rotatable bonds is 10. The molecule has 6 nitrogen and oxygen atoms in total. The third kappa shape index (κ3) is 6.54. The first-order valence-electron chi connectivity index (χ1n) is 10.7. The van der Waals surface area contributed by atoms with Crippen LogP contribution in [-0.4, -0.2) is 46.6 Å². The molecule has 0 fully saturated rings. The van der Waals surface area contributed by atoms with Crippen LogP contribution in [0.5, 0.6) is 0 Å². The van der Waals surface area contributed by atoms with Crippen LogP contribution in [0, 0.1) is 0 Å². The minimum Gasteiger partial charge on any atom is -0.352 e. The maximum atomic E-state index is 12.3. The van der Waals surface area contributed by atoms with E-state index < -0.39 is 0 Å². The average Bonchev–Trinajstić information content (AvgIpc) is 3.17. The normalized spacial score (nSPS) is 10.6. The maximum Gasteiger partial charge on any atom is 0.251 e. The minimum absolute atomic E-state index is 0.0972. The number of carbonyl (C=O) groups is 2. The number of nitrogens with zero attached hydrogens (tertiary/aromatic N) is 3. The van der Waals surface area contributed by atoms with Gasteiger partial charge in [-0.1, -0.05) is 48.5 Å². The first-order chi connectivity index (χ1) is 15.0. The van der Waals surface area contributed by atoms with E-state index in [4.69, 9.17) is 0 Å². The van der Waals surface area contributed by atoms with Gasteiger partial charge in [0.25, 0.3) is 5.91 Å². The SMILES string of the molecule is CN(CCCc1cc(-c2ccccc2)n(C)n1)C(=O)CCCNC(=O)c1ccccc1. The van der Waals surface area contributed by atoms with Crippen LogP contribution in [0.2, 0.25) is 0 Å². The number of carbonyl (C=O) groups excluding carboxylic acids is 2. The van der Waals surface area contributed by atoms with Crippen molar-refractivity contribution in [1.29, 1.82) is 0 Å². The van der Waals surface area contributed by atoms with Crippen molar-refractivity contribution in [2.75, 3.05) is 20.1 Å². The number of benzene rings is 2. The predicted octanol–water partition coefficient (Wildman–Crippen LogP) is 3.69. The van der Waals surface area contributed by atoms with Crippen LogP contribution in [0.1, 0.15) is 35.3 Å². The van der Waals surface area contributed by atoms with Crippen molar-refractivity contribution in [1.82, 2.24) is 20.0 Å². The lowest BCUT2D eigenvalue weighted by molar-refractivity contribution is -0.130. The van der Waals surface area contributed by atoms with Crippen LogP contribution >= 0.6 is 0 Å². The third-order valence-corrected chi connectivity index (χ3v) is 5.24. The van der Waals surface area contributed by atoms with E-state index >= 15 is 0 Å². The highest BCUT2D eigenvalue weighted by Gasteiger charge is 2.11. The van der Waals surface area contributed by atoms with Gasteiger partial charge in [0.2, 0.25) is 5.91 Å². The smallest absolute Gasteiger partial charge is 0.251 e. The van der Waals surface area contributed by atoms with Gasteiger partial charge in [0.05, 0.1) is 11.4 Å². The number of aryl methyl sites for hydroxylation is 2. The van der Waals surface area contributed by atoms with Crippen LogP contribution in [0.3, 0.4) is 0 Å². The Hall–Kier alpha value is -3.41. The fraction of sp³-hybridized carbons (Fsp3) is 0.320. The average molecular weight is 419 g/mol. The fourth-order valence-electron chi connectivity index (χ4n) is 3.47. The second-order valence-electron chi connectivity index (χ2n) is 7.65. The van der Waals surface area contributed by atoms with Gasteiger partial charge in [0, 0.05) is 39.2 Å². The molecule has 0 spiro atoms. The van der Waals surface area contributed by atoms with Crippen LogP contribution < -0.4 is 5.32 Å². The number of amides is 2. The Morgan fingerprint density at radius 2 is 1.68 bits per heavy atom. The zero-order valence-electron chi connectivity index (χ0n) is 18.3. The highest BCUT2D eigenvalue weighted by molar-refractivity contribution is 5.94. The molecule has 0 saturated carbocycles. The molecule has 0 aliphatic carbocycles. The monoisotopic (exact) mass is 418 g/mol. The third-order valence-electron chi connectivity index (χ3n) is 5.24. The van der Waals surface area contributed by atoms with Gasteiger partial charge < -0.3 is 10.2 Å². The molecule has 0 unspecified atom stereocenters. The van der Waals surface area contributed by atoms with E-state index in [9.17, 15) is 9.59 Å². The summed E-state index contributed by atoms with van der Waals surface area (Å²) in [6.45, 7) is 1.18. The highest BCUT2D eigenvalue weighted by atomic mass is 16.2. The number of hydrogen-bond donors (Lipinski definition) is 1. The summed E-state index contributed by atoms with van der Waals surface area (Å²) in [6.07, 6.45) is 2.74. The second-order valence-corrected chi connectivity index (χ2v) is 7.65. The number of nitrogens with one attached hydrogen (secondary N) is 1. The summed E-state index contributed by atoms with van der Waals surface area (Å²) in [5.41, 5.74) is 3.91. The molecule has 0 bridgehead atoms. The molecule has 0 atom stereocenters. The van der Waals surface area contributed by atoms with Gasteiger partial charge in [-0.25, -0.2) is 0 Å². The fourth-order valence-corrected chi connectivity index (χ4v) is 3.47. The zero-order valence-corrected chi connectivity index (χ0v) is 18.3.